The zero-order chi connectivity index (χ0) is 30.2. The largest absolute Gasteiger partial charge is 0.493 e. The first-order valence-electron chi connectivity index (χ1n) is 15.5. The molecule has 4 N–H and O–H groups in total. The van der Waals surface area contributed by atoms with Crippen LogP contribution in [0.15, 0.2) is 12.1 Å². The van der Waals surface area contributed by atoms with Crippen molar-refractivity contribution in [2.75, 3.05) is 39.6 Å². The van der Waals surface area contributed by atoms with Gasteiger partial charge in [0.05, 0.1) is 39.6 Å². The number of benzene rings is 3. The lowest BCUT2D eigenvalue weighted by atomic mass is 9.94. The lowest BCUT2D eigenvalue weighted by Gasteiger charge is -2.15. The van der Waals surface area contributed by atoms with Crippen molar-refractivity contribution in [1.82, 2.24) is 0 Å². The van der Waals surface area contributed by atoms with Crippen molar-refractivity contribution >= 4 is 31.9 Å². The molecule has 6 aliphatic rings. The van der Waals surface area contributed by atoms with Crippen LogP contribution in [0.25, 0.3) is 0 Å². The fourth-order valence-corrected chi connectivity index (χ4v) is 8.35. The Morgan fingerprint density at radius 2 is 0.773 bits per heavy atom. The molecule has 8 nitrogen and oxygen atoms in total. The maximum atomic E-state index is 5.82. The van der Waals surface area contributed by atoms with Gasteiger partial charge in [0.1, 0.15) is 34.5 Å². The Bertz CT molecular complexity index is 1300. The quantitative estimate of drug-likeness (QED) is 0.345. The Labute approximate surface area is 274 Å². The molecule has 234 valence electrons. The normalized spacial score (nSPS) is 17.0. The molecule has 0 fully saturated rings. The van der Waals surface area contributed by atoms with E-state index in [-0.39, 0.29) is 0 Å². The summed E-state index contributed by atoms with van der Waals surface area (Å²) in [5, 5.41) is 1.70. The average molecular weight is 730 g/mol. The van der Waals surface area contributed by atoms with Gasteiger partial charge in [-0.15, -0.1) is 0 Å². The molecule has 3 aromatic carbocycles. The van der Waals surface area contributed by atoms with Crippen molar-refractivity contribution in [1.29, 1.82) is 0 Å². The average Bonchev–Trinajstić information content (AvgIpc) is 3.88. The summed E-state index contributed by atoms with van der Waals surface area (Å²) in [4.78, 5) is 0. The minimum Gasteiger partial charge on any atom is -0.493 e. The Kier molecular flexibility index (Phi) is 8.86. The Morgan fingerprint density at radius 3 is 1.11 bits per heavy atom. The molecular weight excluding hydrogens is 692 g/mol. The topological polar surface area (TPSA) is 107 Å². The minimum absolute atomic E-state index is 0.513. The molecule has 0 bridgehead atoms. The molecule has 9 rings (SSSR count). The highest BCUT2D eigenvalue weighted by molar-refractivity contribution is 9.08. The summed E-state index contributed by atoms with van der Waals surface area (Å²) in [6, 6.07) is 4.26. The van der Waals surface area contributed by atoms with Gasteiger partial charge in [0.2, 0.25) is 0 Å². The van der Waals surface area contributed by atoms with Crippen LogP contribution in [0, 0.1) is 0 Å². The van der Waals surface area contributed by atoms with Crippen LogP contribution in [0.2, 0.25) is 0 Å². The Balaban J connectivity index is 0.000000108. The van der Waals surface area contributed by atoms with Gasteiger partial charge in [-0.2, -0.15) is 0 Å². The molecule has 0 amide bonds. The van der Waals surface area contributed by atoms with E-state index >= 15 is 0 Å². The third kappa shape index (κ3) is 5.21. The fourth-order valence-electron chi connectivity index (χ4n) is 7.16. The molecule has 0 radical (unpaired) electrons. The van der Waals surface area contributed by atoms with Gasteiger partial charge in [-0.1, -0.05) is 31.9 Å². The summed E-state index contributed by atoms with van der Waals surface area (Å²) >= 11 is 7.13. The van der Waals surface area contributed by atoms with E-state index in [9.17, 15) is 0 Å². The van der Waals surface area contributed by atoms with Gasteiger partial charge in [0.15, 0.2) is 0 Å². The van der Waals surface area contributed by atoms with Gasteiger partial charge in [-0.05, 0) is 12.1 Å². The molecule has 10 heteroatoms. The van der Waals surface area contributed by atoms with Gasteiger partial charge in [0.25, 0.3) is 0 Å². The summed E-state index contributed by atoms with van der Waals surface area (Å²) in [5.74, 6) is 6.31. The monoisotopic (exact) mass is 728 g/mol. The smallest absolute Gasteiger partial charge is 0.127 e. The van der Waals surface area contributed by atoms with Crippen LogP contribution in [-0.2, 0) is 62.3 Å². The second-order valence-corrected chi connectivity index (χ2v) is 12.6. The summed E-state index contributed by atoms with van der Waals surface area (Å²) in [7, 11) is 0. The van der Waals surface area contributed by atoms with E-state index in [0.717, 1.165) is 134 Å². The van der Waals surface area contributed by atoms with Crippen LogP contribution < -0.4 is 39.9 Å². The van der Waals surface area contributed by atoms with Gasteiger partial charge in [0, 0.05) is 118 Å². The van der Waals surface area contributed by atoms with Crippen molar-refractivity contribution in [3.05, 3.63) is 67.8 Å². The Hall–Kier alpha value is -2.66. The van der Waals surface area contributed by atoms with Crippen molar-refractivity contribution in [2.45, 2.75) is 62.3 Å². The first-order valence-corrected chi connectivity index (χ1v) is 17.7. The van der Waals surface area contributed by atoms with Gasteiger partial charge in [-0.3, -0.25) is 0 Å². The summed E-state index contributed by atoms with van der Waals surface area (Å²) in [6.07, 6.45) is 5.93. The van der Waals surface area contributed by atoms with Crippen LogP contribution in [-0.4, -0.2) is 39.6 Å². The minimum atomic E-state index is 0.513. The van der Waals surface area contributed by atoms with Crippen LogP contribution in [0.1, 0.15) is 55.6 Å². The predicted molar refractivity (Wildman–Crippen MR) is 176 cm³/mol. The molecule has 0 atom stereocenters. The highest BCUT2D eigenvalue weighted by atomic mass is 79.9. The highest BCUT2D eigenvalue weighted by Gasteiger charge is 2.31. The molecule has 44 heavy (non-hydrogen) atoms. The number of fused-ring (bicyclic) bond motifs is 6. The van der Waals surface area contributed by atoms with Crippen LogP contribution in [0.3, 0.4) is 0 Å². The van der Waals surface area contributed by atoms with Gasteiger partial charge >= 0.3 is 0 Å². The van der Waals surface area contributed by atoms with E-state index in [4.69, 9.17) is 39.9 Å². The standard InChI is InChI=1S/C12H12Br2O2.C12H16N2O2.C10H10O2/c2*13-5-9-7-1-3-15-11(7)10(6-14)8-2-4-16-12(8)9;1-3-11-9-6-8-2-4-12-10(8)5-7(1)9/h1-6H2;1-6,13-14H2;5-6H,1-4H2. The maximum Gasteiger partial charge on any atom is 0.127 e. The summed E-state index contributed by atoms with van der Waals surface area (Å²) in [5.41, 5.74) is 24.2. The lowest BCUT2D eigenvalue weighted by molar-refractivity contribution is 0.352. The Morgan fingerprint density at radius 1 is 0.455 bits per heavy atom. The van der Waals surface area contributed by atoms with Crippen molar-refractivity contribution in [3.63, 3.8) is 0 Å². The van der Waals surface area contributed by atoms with Crippen LogP contribution in [0.5, 0.6) is 34.5 Å². The predicted octanol–water partition coefficient (Wildman–Crippen LogP) is 5.38. The van der Waals surface area contributed by atoms with Crippen LogP contribution in [0.4, 0.5) is 0 Å². The number of hydrogen-bond acceptors (Lipinski definition) is 8. The second-order valence-electron chi connectivity index (χ2n) is 11.5. The molecule has 3 aromatic rings. The van der Waals surface area contributed by atoms with E-state index in [1.807, 2.05) is 0 Å². The number of nitrogens with two attached hydrogens (primary N) is 2. The second kappa shape index (κ2) is 13.0. The first kappa shape index (κ1) is 30.0. The highest BCUT2D eigenvalue weighted by Crippen LogP contribution is 2.46. The van der Waals surface area contributed by atoms with E-state index in [0.29, 0.717) is 13.1 Å². The molecular formula is C34H38Br2N2O6. The zero-order valence-electron chi connectivity index (χ0n) is 24.8. The van der Waals surface area contributed by atoms with E-state index in [2.05, 4.69) is 44.0 Å². The summed E-state index contributed by atoms with van der Waals surface area (Å²) < 4.78 is 33.9. The first-order chi connectivity index (χ1) is 21.7. The number of rotatable bonds is 4. The van der Waals surface area contributed by atoms with Gasteiger partial charge < -0.3 is 39.9 Å². The fraction of sp³-hybridized carbons (Fsp3) is 0.471. The number of ether oxygens (including phenoxy) is 6. The lowest BCUT2D eigenvalue weighted by Crippen LogP contribution is -2.07. The van der Waals surface area contributed by atoms with Crippen molar-refractivity contribution < 1.29 is 28.4 Å². The summed E-state index contributed by atoms with van der Waals surface area (Å²) in [6.45, 7) is 5.76. The van der Waals surface area contributed by atoms with Crippen LogP contribution >= 0.6 is 31.9 Å². The van der Waals surface area contributed by atoms with Crippen molar-refractivity contribution in [3.8, 4) is 34.5 Å². The van der Waals surface area contributed by atoms with E-state index in [1.54, 1.807) is 0 Å². The van der Waals surface area contributed by atoms with E-state index < -0.39 is 0 Å². The number of halogens is 2. The zero-order valence-corrected chi connectivity index (χ0v) is 28.0. The molecule has 0 spiro atoms. The molecule has 0 aromatic heterocycles. The molecule has 6 heterocycles. The molecule has 6 aliphatic heterocycles. The molecule has 0 unspecified atom stereocenters. The third-order valence-corrected chi connectivity index (χ3v) is 10.3. The molecule has 0 saturated heterocycles. The molecule has 0 saturated carbocycles. The SMILES string of the molecule is BrCc1c2c(c(CBr)c3c1OCC3)OCC2.NCc1c2c(c(CN)c3c1OCC3)OCC2.c1c2c(cc3c1OCC3)OCC2. The van der Waals surface area contributed by atoms with E-state index in [1.165, 1.54) is 44.5 Å². The van der Waals surface area contributed by atoms with Gasteiger partial charge in [-0.25, -0.2) is 0 Å². The number of hydrogen-bond donors (Lipinski definition) is 2. The van der Waals surface area contributed by atoms with Crippen molar-refractivity contribution in [2.24, 2.45) is 11.5 Å². The number of alkyl halides is 2. The maximum absolute atomic E-state index is 5.82. The molecule has 0 aliphatic carbocycles. The third-order valence-electron chi connectivity index (χ3n) is 9.22.